The lowest BCUT2D eigenvalue weighted by Gasteiger charge is -2.26. The molecule has 0 aromatic heterocycles. The highest BCUT2D eigenvalue weighted by Gasteiger charge is 2.29. The van der Waals surface area contributed by atoms with E-state index in [-0.39, 0.29) is 28.9 Å². The number of nitrogens with zero attached hydrogens (tertiary/aromatic N) is 2. The van der Waals surface area contributed by atoms with Crippen LogP contribution in [0.15, 0.2) is 78.9 Å². The first-order chi connectivity index (χ1) is 15.8. The Labute approximate surface area is 189 Å². The molecule has 0 saturated heterocycles. The largest absolute Gasteiger partial charge is 0.368 e. The van der Waals surface area contributed by atoms with Crippen molar-refractivity contribution in [3.8, 4) is 0 Å². The summed E-state index contributed by atoms with van der Waals surface area (Å²) < 4.78 is 0. The molecule has 0 aliphatic carbocycles. The number of anilines is 1. The standard InChI is InChI=1S/C24H22N4O5/c25-20(13-16-7-3-1-4-8-16)24(31)27(15-22(26)29)21-12-11-18(28(32)33)14-19(21)23(30)17-9-5-2-6-10-17/h1-12,14,20H,13,15,25H2,(H2,26,29)/t20-/m0/s1. The van der Waals surface area contributed by atoms with Crippen LogP contribution in [0.25, 0.3) is 0 Å². The van der Waals surface area contributed by atoms with Crippen LogP contribution in [0.4, 0.5) is 11.4 Å². The van der Waals surface area contributed by atoms with E-state index in [9.17, 15) is 24.5 Å². The summed E-state index contributed by atoms with van der Waals surface area (Å²) in [5, 5.41) is 11.3. The summed E-state index contributed by atoms with van der Waals surface area (Å²) in [5.74, 6) is -2.02. The molecule has 0 aliphatic rings. The Morgan fingerprint density at radius 2 is 1.55 bits per heavy atom. The van der Waals surface area contributed by atoms with E-state index in [2.05, 4.69) is 0 Å². The van der Waals surface area contributed by atoms with Crippen LogP contribution < -0.4 is 16.4 Å². The molecule has 9 heteroatoms. The number of rotatable bonds is 9. The first kappa shape index (κ1) is 23.3. The summed E-state index contributed by atoms with van der Waals surface area (Å²) in [6, 6.07) is 19.6. The highest BCUT2D eigenvalue weighted by molar-refractivity contribution is 6.15. The van der Waals surface area contributed by atoms with Crippen LogP contribution in [0.2, 0.25) is 0 Å². The Bertz CT molecular complexity index is 1180. The van der Waals surface area contributed by atoms with Gasteiger partial charge in [-0.1, -0.05) is 60.7 Å². The molecular formula is C24H22N4O5. The fourth-order valence-corrected chi connectivity index (χ4v) is 3.39. The zero-order valence-corrected chi connectivity index (χ0v) is 17.6. The highest BCUT2D eigenvalue weighted by Crippen LogP contribution is 2.28. The monoisotopic (exact) mass is 446 g/mol. The summed E-state index contributed by atoms with van der Waals surface area (Å²) in [5.41, 5.74) is 12.1. The maximum Gasteiger partial charge on any atom is 0.270 e. The number of primary amides is 1. The topological polar surface area (TPSA) is 150 Å². The number of nitro groups is 1. The van der Waals surface area contributed by atoms with Gasteiger partial charge in [0.15, 0.2) is 5.78 Å². The minimum absolute atomic E-state index is 0.0155. The van der Waals surface area contributed by atoms with Gasteiger partial charge in [0, 0.05) is 17.7 Å². The van der Waals surface area contributed by atoms with Gasteiger partial charge < -0.3 is 16.4 Å². The lowest BCUT2D eigenvalue weighted by atomic mass is 9.99. The van der Waals surface area contributed by atoms with Gasteiger partial charge in [-0.15, -0.1) is 0 Å². The van der Waals surface area contributed by atoms with Crippen molar-refractivity contribution in [3.05, 3.63) is 106 Å². The Morgan fingerprint density at radius 1 is 0.939 bits per heavy atom. The summed E-state index contributed by atoms with van der Waals surface area (Å²) in [6.07, 6.45) is 0.184. The maximum atomic E-state index is 13.3. The number of hydrogen-bond acceptors (Lipinski definition) is 6. The van der Waals surface area contributed by atoms with Crippen molar-refractivity contribution >= 4 is 29.0 Å². The van der Waals surface area contributed by atoms with Crippen molar-refractivity contribution in [3.63, 3.8) is 0 Å². The summed E-state index contributed by atoms with van der Waals surface area (Å²) in [4.78, 5) is 50.0. The molecular weight excluding hydrogens is 424 g/mol. The summed E-state index contributed by atoms with van der Waals surface area (Å²) >= 11 is 0. The lowest BCUT2D eigenvalue weighted by Crippen LogP contribution is -2.48. The molecule has 1 atom stereocenters. The van der Waals surface area contributed by atoms with E-state index in [1.54, 1.807) is 42.5 Å². The summed E-state index contributed by atoms with van der Waals surface area (Å²) in [6.45, 7) is -0.547. The first-order valence-electron chi connectivity index (χ1n) is 10.1. The molecule has 2 amide bonds. The molecule has 0 spiro atoms. The Morgan fingerprint density at radius 3 is 2.12 bits per heavy atom. The van der Waals surface area contributed by atoms with E-state index in [1.807, 2.05) is 18.2 Å². The Balaban J connectivity index is 2.06. The SMILES string of the molecule is NC(=O)CN(C(=O)[C@@H](N)Cc1ccccc1)c1ccc([N+](=O)[O-])cc1C(=O)c1ccccc1. The zero-order valence-electron chi connectivity index (χ0n) is 17.6. The average molecular weight is 446 g/mol. The van der Waals surface area contributed by atoms with Crippen molar-refractivity contribution in [1.82, 2.24) is 0 Å². The van der Waals surface area contributed by atoms with Crippen molar-refractivity contribution in [2.24, 2.45) is 11.5 Å². The summed E-state index contributed by atoms with van der Waals surface area (Å²) in [7, 11) is 0. The number of hydrogen-bond donors (Lipinski definition) is 2. The molecule has 0 heterocycles. The molecule has 168 valence electrons. The van der Waals surface area contributed by atoms with Crippen molar-refractivity contribution in [2.75, 3.05) is 11.4 Å². The third-order valence-corrected chi connectivity index (χ3v) is 4.96. The number of amides is 2. The Kier molecular flexibility index (Phi) is 7.27. The van der Waals surface area contributed by atoms with Crippen LogP contribution in [0, 0.1) is 10.1 Å². The number of non-ortho nitro benzene ring substituents is 1. The molecule has 3 aromatic carbocycles. The van der Waals surface area contributed by atoms with Crippen LogP contribution in [-0.4, -0.2) is 35.1 Å². The highest BCUT2D eigenvalue weighted by atomic mass is 16.6. The predicted octanol–water partition coefficient (Wildman–Crippen LogP) is 2.21. The fraction of sp³-hybridized carbons (Fsp3) is 0.125. The van der Waals surface area contributed by atoms with E-state index in [4.69, 9.17) is 11.5 Å². The minimum atomic E-state index is -1.04. The predicted molar refractivity (Wildman–Crippen MR) is 123 cm³/mol. The number of benzene rings is 3. The van der Waals surface area contributed by atoms with Gasteiger partial charge in [-0.2, -0.15) is 0 Å². The van der Waals surface area contributed by atoms with Crippen LogP contribution in [0.3, 0.4) is 0 Å². The van der Waals surface area contributed by atoms with Crippen LogP contribution in [-0.2, 0) is 16.0 Å². The van der Waals surface area contributed by atoms with Crippen molar-refractivity contribution in [1.29, 1.82) is 0 Å². The Hall–Kier alpha value is -4.37. The van der Waals surface area contributed by atoms with Gasteiger partial charge in [-0.3, -0.25) is 24.5 Å². The van der Waals surface area contributed by atoms with Gasteiger partial charge in [-0.25, -0.2) is 0 Å². The molecule has 0 saturated carbocycles. The third-order valence-electron chi connectivity index (χ3n) is 4.96. The van der Waals surface area contributed by atoms with Crippen molar-refractivity contribution < 1.29 is 19.3 Å². The fourth-order valence-electron chi connectivity index (χ4n) is 3.39. The minimum Gasteiger partial charge on any atom is -0.368 e. The maximum absolute atomic E-state index is 13.3. The van der Waals surface area contributed by atoms with Gasteiger partial charge in [0.05, 0.1) is 22.2 Å². The van der Waals surface area contributed by atoms with Gasteiger partial charge in [0.1, 0.15) is 6.54 Å². The van der Waals surface area contributed by atoms with Crippen LogP contribution in [0.1, 0.15) is 21.5 Å². The smallest absolute Gasteiger partial charge is 0.270 e. The second-order valence-corrected chi connectivity index (χ2v) is 7.34. The number of ketones is 1. The normalized spacial score (nSPS) is 11.4. The number of nitrogens with two attached hydrogens (primary N) is 2. The molecule has 0 fully saturated rings. The third kappa shape index (κ3) is 5.66. The molecule has 4 N–H and O–H groups in total. The zero-order chi connectivity index (χ0) is 24.0. The molecule has 0 aliphatic heterocycles. The molecule has 0 bridgehead atoms. The lowest BCUT2D eigenvalue weighted by molar-refractivity contribution is -0.384. The number of nitro benzene ring substituents is 1. The molecule has 0 radical (unpaired) electrons. The van der Waals surface area contributed by atoms with Crippen molar-refractivity contribution in [2.45, 2.75) is 12.5 Å². The van der Waals surface area contributed by atoms with Gasteiger partial charge >= 0.3 is 0 Å². The first-order valence-corrected chi connectivity index (χ1v) is 10.1. The molecule has 3 rings (SSSR count). The molecule has 9 nitrogen and oxygen atoms in total. The van der Waals surface area contributed by atoms with E-state index in [0.29, 0.717) is 0 Å². The second-order valence-electron chi connectivity index (χ2n) is 7.34. The van der Waals surface area contributed by atoms with Crippen LogP contribution >= 0.6 is 0 Å². The van der Waals surface area contributed by atoms with E-state index in [0.717, 1.165) is 22.6 Å². The van der Waals surface area contributed by atoms with Crippen LogP contribution in [0.5, 0.6) is 0 Å². The number of carbonyl (C=O) groups is 3. The van der Waals surface area contributed by atoms with Gasteiger partial charge in [-0.05, 0) is 18.1 Å². The quantitative estimate of drug-likeness (QED) is 0.292. The van der Waals surface area contributed by atoms with Gasteiger partial charge in [0.25, 0.3) is 5.69 Å². The molecule has 0 unspecified atom stereocenters. The molecule has 33 heavy (non-hydrogen) atoms. The van der Waals surface area contributed by atoms with E-state index in [1.165, 1.54) is 6.07 Å². The molecule has 3 aromatic rings. The van der Waals surface area contributed by atoms with Gasteiger partial charge in [0.2, 0.25) is 11.8 Å². The van der Waals surface area contributed by atoms with E-state index < -0.39 is 35.1 Å². The van der Waals surface area contributed by atoms with E-state index >= 15 is 0 Å². The average Bonchev–Trinajstić information content (AvgIpc) is 2.82. The second kappa shape index (κ2) is 10.3. The number of carbonyl (C=O) groups excluding carboxylic acids is 3.